The predicted molar refractivity (Wildman–Crippen MR) is 67.9 cm³/mol. The van der Waals surface area contributed by atoms with Crippen molar-refractivity contribution in [3.8, 4) is 5.75 Å². The molecule has 1 aromatic carbocycles. The summed E-state index contributed by atoms with van der Waals surface area (Å²) in [7, 11) is 0. The van der Waals surface area contributed by atoms with Gasteiger partial charge >= 0.3 is 0 Å². The third kappa shape index (κ3) is 2.31. The molecule has 0 unspecified atom stereocenters. The Morgan fingerprint density at radius 3 is 2.29 bits per heavy atom. The second kappa shape index (κ2) is 4.31. The van der Waals surface area contributed by atoms with Gasteiger partial charge in [0.15, 0.2) is 0 Å². The van der Waals surface area contributed by atoms with Crippen molar-refractivity contribution in [2.75, 3.05) is 6.54 Å². The molecule has 0 spiro atoms. The van der Waals surface area contributed by atoms with Gasteiger partial charge in [-0.25, -0.2) is 0 Å². The summed E-state index contributed by atoms with van der Waals surface area (Å²) < 4.78 is 0. The first kappa shape index (κ1) is 12.4. The van der Waals surface area contributed by atoms with Gasteiger partial charge in [0.1, 0.15) is 5.75 Å². The highest BCUT2D eigenvalue weighted by molar-refractivity contribution is 5.39. The fourth-order valence-electron chi connectivity index (χ4n) is 2.77. The second-order valence-electron chi connectivity index (χ2n) is 5.50. The number of phenols is 1. The van der Waals surface area contributed by atoms with Crippen molar-refractivity contribution in [2.45, 2.75) is 43.6 Å². The Balaban J connectivity index is 2.31. The summed E-state index contributed by atoms with van der Waals surface area (Å²) in [6.07, 6.45) is 3.12. The van der Waals surface area contributed by atoms with E-state index < -0.39 is 5.60 Å². The molecule has 0 aromatic heterocycles. The minimum Gasteiger partial charge on any atom is -0.508 e. The Labute approximate surface area is 102 Å². The maximum atomic E-state index is 10.0. The highest BCUT2D eigenvalue weighted by atomic mass is 16.3. The zero-order valence-electron chi connectivity index (χ0n) is 10.3. The largest absolute Gasteiger partial charge is 0.508 e. The molecule has 0 aliphatic heterocycles. The Morgan fingerprint density at radius 1 is 1.18 bits per heavy atom. The summed E-state index contributed by atoms with van der Waals surface area (Å²) >= 11 is 0. The Kier molecular flexibility index (Phi) is 3.15. The SMILES string of the molecule is CC1(O)CCC(CN)(c2ccccc2O)CC1. The van der Waals surface area contributed by atoms with Crippen LogP contribution < -0.4 is 5.73 Å². The van der Waals surface area contributed by atoms with Crippen LogP contribution in [-0.2, 0) is 5.41 Å². The number of hydrogen-bond acceptors (Lipinski definition) is 3. The average molecular weight is 235 g/mol. The first-order valence-electron chi connectivity index (χ1n) is 6.20. The first-order chi connectivity index (χ1) is 7.99. The molecule has 0 amide bonds. The van der Waals surface area contributed by atoms with E-state index in [0.29, 0.717) is 12.3 Å². The van der Waals surface area contributed by atoms with Gasteiger partial charge in [-0.05, 0) is 38.7 Å². The van der Waals surface area contributed by atoms with Gasteiger partial charge in [0.05, 0.1) is 5.60 Å². The first-order valence-corrected chi connectivity index (χ1v) is 6.20. The number of rotatable bonds is 2. The summed E-state index contributed by atoms with van der Waals surface area (Å²) in [4.78, 5) is 0. The monoisotopic (exact) mass is 235 g/mol. The summed E-state index contributed by atoms with van der Waals surface area (Å²) in [5.41, 5.74) is 6.11. The zero-order valence-corrected chi connectivity index (χ0v) is 10.3. The fraction of sp³-hybridized carbons (Fsp3) is 0.571. The van der Waals surface area contributed by atoms with Crippen molar-refractivity contribution >= 4 is 0 Å². The van der Waals surface area contributed by atoms with E-state index in [0.717, 1.165) is 31.2 Å². The van der Waals surface area contributed by atoms with E-state index >= 15 is 0 Å². The zero-order chi connectivity index (χ0) is 12.5. The van der Waals surface area contributed by atoms with Gasteiger partial charge in [-0.2, -0.15) is 0 Å². The molecule has 4 N–H and O–H groups in total. The topological polar surface area (TPSA) is 66.5 Å². The summed E-state index contributed by atoms with van der Waals surface area (Å²) in [6.45, 7) is 2.39. The van der Waals surface area contributed by atoms with E-state index in [-0.39, 0.29) is 5.41 Å². The quantitative estimate of drug-likeness (QED) is 0.733. The van der Waals surface area contributed by atoms with Crippen LogP contribution in [0.1, 0.15) is 38.2 Å². The molecule has 2 rings (SSSR count). The van der Waals surface area contributed by atoms with Crippen LogP contribution in [0, 0.1) is 0 Å². The van der Waals surface area contributed by atoms with E-state index in [1.807, 2.05) is 25.1 Å². The molecule has 1 fully saturated rings. The molecule has 94 valence electrons. The van der Waals surface area contributed by atoms with Gasteiger partial charge in [-0.15, -0.1) is 0 Å². The second-order valence-corrected chi connectivity index (χ2v) is 5.50. The van der Waals surface area contributed by atoms with Gasteiger partial charge < -0.3 is 15.9 Å². The fourth-order valence-corrected chi connectivity index (χ4v) is 2.77. The Morgan fingerprint density at radius 2 is 1.76 bits per heavy atom. The standard InChI is InChI=1S/C14H21NO2/c1-13(17)6-8-14(10-15,9-7-13)11-4-2-3-5-12(11)16/h2-5,16-17H,6-10,15H2,1H3. The van der Waals surface area contributed by atoms with Crippen LogP contribution in [0.2, 0.25) is 0 Å². The van der Waals surface area contributed by atoms with Crippen molar-refractivity contribution in [1.82, 2.24) is 0 Å². The van der Waals surface area contributed by atoms with Gasteiger partial charge in [0.2, 0.25) is 0 Å². The van der Waals surface area contributed by atoms with E-state index in [9.17, 15) is 10.2 Å². The molecular formula is C14H21NO2. The van der Waals surface area contributed by atoms with Crippen LogP contribution in [0.4, 0.5) is 0 Å². The molecule has 3 nitrogen and oxygen atoms in total. The molecule has 0 radical (unpaired) electrons. The third-order valence-electron chi connectivity index (χ3n) is 4.15. The lowest BCUT2D eigenvalue weighted by molar-refractivity contribution is 0.00107. The Bertz CT molecular complexity index is 391. The molecule has 1 saturated carbocycles. The van der Waals surface area contributed by atoms with Gasteiger partial charge in [-0.3, -0.25) is 0 Å². The molecule has 3 heteroatoms. The summed E-state index contributed by atoms with van der Waals surface area (Å²) in [5.74, 6) is 0.319. The van der Waals surface area contributed by atoms with E-state index in [4.69, 9.17) is 5.73 Å². The lowest BCUT2D eigenvalue weighted by atomic mass is 9.65. The normalized spacial score (nSPS) is 33.6. The summed E-state index contributed by atoms with van der Waals surface area (Å²) in [5, 5.41) is 20.0. The molecule has 0 bridgehead atoms. The molecular weight excluding hydrogens is 214 g/mol. The van der Waals surface area contributed by atoms with Crippen molar-refractivity contribution in [2.24, 2.45) is 5.73 Å². The van der Waals surface area contributed by atoms with Crippen LogP contribution >= 0.6 is 0 Å². The minimum absolute atomic E-state index is 0.173. The van der Waals surface area contributed by atoms with E-state index in [1.54, 1.807) is 6.07 Å². The Hall–Kier alpha value is -1.06. The van der Waals surface area contributed by atoms with E-state index in [1.165, 1.54) is 0 Å². The summed E-state index contributed by atoms with van der Waals surface area (Å²) in [6, 6.07) is 7.41. The smallest absolute Gasteiger partial charge is 0.119 e. The van der Waals surface area contributed by atoms with Crippen LogP contribution in [0.15, 0.2) is 24.3 Å². The van der Waals surface area contributed by atoms with Crippen molar-refractivity contribution in [3.63, 3.8) is 0 Å². The van der Waals surface area contributed by atoms with Crippen molar-refractivity contribution in [1.29, 1.82) is 0 Å². The van der Waals surface area contributed by atoms with E-state index in [2.05, 4.69) is 0 Å². The lowest BCUT2D eigenvalue weighted by Crippen LogP contribution is -2.44. The molecule has 0 heterocycles. The highest BCUT2D eigenvalue weighted by Crippen LogP contribution is 2.44. The number of hydrogen-bond donors (Lipinski definition) is 3. The van der Waals surface area contributed by atoms with Crippen LogP contribution in [0.25, 0.3) is 0 Å². The maximum Gasteiger partial charge on any atom is 0.119 e. The number of phenolic OH excluding ortho intramolecular Hbond substituents is 1. The maximum absolute atomic E-state index is 10.0. The third-order valence-corrected chi connectivity index (χ3v) is 4.15. The van der Waals surface area contributed by atoms with Gasteiger partial charge in [-0.1, -0.05) is 18.2 Å². The lowest BCUT2D eigenvalue weighted by Gasteiger charge is -2.42. The molecule has 1 aliphatic carbocycles. The number of aliphatic hydroxyl groups is 1. The number of benzene rings is 1. The average Bonchev–Trinajstić information content (AvgIpc) is 2.31. The molecule has 1 aromatic rings. The van der Waals surface area contributed by atoms with Crippen LogP contribution in [0.5, 0.6) is 5.75 Å². The number of aromatic hydroxyl groups is 1. The highest BCUT2D eigenvalue weighted by Gasteiger charge is 2.40. The molecule has 17 heavy (non-hydrogen) atoms. The molecule has 0 atom stereocenters. The van der Waals surface area contributed by atoms with Gasteiger partial charge in [0.25, 0.3) is 0 Å². The number of para-hydroxylation sites is 1. The minimum atomic E-state index is -0.580. The van der Waals surface area contributed by atoms with Crippen molar-refractivity contribution in [3.05, 3.63) is 29.8 Å². The van der Waals surface area contributed by atoms with Crippen LogP contribution in [0.3, 0.4) is 0 Å². The predicted octanol–water partition coefficient (Wildman–Crippen LogP) is 1.91. The van der Waals surface area contributed by atoms with Crippen LogP contribution in [-0.4, -0.2) is 22.4 Å². The number of nitrogens with two attached hydrogens (primary N) is 1. The molecule has 0 saturated heterocycles. The van der Waals surface area contributed by atoms with Crippen molar-refractivity contribution < 1.29 is 10.2 Å². The van der Waals surface area contributed by atoms with Gasteiger partial charge in [0, 0.05) is 17.5 Å². The molecule has 1 aliphatic rings.